The molecule has 8 heteroatoms. The van der Waals surface area contributed by atoms with E-state index < -0.39 is 27.9 Å². The minimum absolute atomic E-state index is 0.0137. The second kappa shape index (κ2) is 13.7. The van der Waals surface area contributed by atoms with Crippen LogP contribution in [0.15, 0.2) is 146 Å². The number of nitrogens with zero attached hydrogens (tertiary/aromatic N) is 1. The van der Waals surface area contributed by atoms with Gasteiger partial charge in [-0.2, -0.15) is 8.42 Å². The van der Waals surface area contributed by atoms with Crippen molar-refractivity contribution in [2.75, 3.05) is 12.9 Å². The van der Waals surface area contributed by atoms with Crippen molar-refractivity contribution in [3.8, 4) is 11.5 Å². The molecule has 2 atom stereocenters. The van der Waals surface area contributed by atoms with E-state index in [2.05, 4.69) is 0 Å². The van der Waals surface area contributed by atoms with Crippen molar-refractivity contribution in [3.63, 3.8) is 0 Å². The molecule has 5 aromatic rings. The lowest BCUT2D eigenvalue weighted by Crippen LogP contribution is -2.45. The molecule has 0 spiro atoms. The number of carbonyl (C=O) groups excluding carboxylic acids is 1. The van der Waals surface area contributed by atoms with Crippen LogP contribution in [0.3, 0.4) is 0 Å². The highest BCUT2D eigenvalue weighted by Gasteiger charge is 2.45. The van der Waals surface area contributed by atoms with Crippen molar-refractivity contribution in [1.82, 2.24) is 4.90 Å². The number of ether oxygens (including phenoxy) is 2. The van der Waals surface area contributed by atoms with E-state index in [1.54, 1.807) is 4.90 Å². The van der Waals surface area contributed by atoms with E-state index in [1.807, 2.05) is 146 Å². The first kappa shape index (κ1) is 31.2. The first-order valence-electron chi connectivity index (χ1n) is 15.1. The second-order valence-corrected chi connectivity index (χ2v) is 12.9. The van der Waals surface area contributed by atoms with Crippen LogP contribution in [0.2, 0.25) is 0 Å². The monoisotopic (exact) mass is 633 g/mol. The SMILES string of the molecule is CS(=O)(=O)O[C@@H]1CC(=O)N(Cc2ccc(Oc3ccccc3)cc2)[C@@H]1COC(c1ccccc1)(c1ccccc1)c1ccccc1. The maximum atomic E-state index is 13.5. The molecule has 46 heavy (non-hydrogen) atoms. The highest BCUT2D eigenvalue weighted by molar-refractivity contribution is 7.86. The van der Waals surface area contributed by atoms with Crippen LogP contribution in [0.25, 0.3) is 0 Å². The Morgan fingerprint density at radius 1 is 0.674 bits per heavy atom. The Balaban J connectivity index is 1.34. The van der Waals surface area contributed by atoms with Crippen LogP contribution >= 0.6 is 0 Å². The first-order chi connectivity index (χ1) is 22.3. The second-order valence-electron chi connectivity index (χ2n) is 11.3. The van der Waals surface area contributed by atoms with Crippen LogP contribution in [0.4, 0.5) is 0 Å². The molecule has 0 unspecified atom stereocenters. The Labute approximate surface area is 270 Å². The highest BCUT2D eigenvalue weighted by Crippen LogP contribution is 2.41. The predicted octanol–water partition coefficient (Wildman–Crippen LogP) is 6.93. The van der Waals surface area contributed by atoms with E-state index in [0.29, 0.717) is 5.75 Å². The van der Waals surface area contributed by atoms with Crippen molar-refractivity contribution in [3.05, 3.63) is 168 Å². The summed E-state index contributed by atoms with van der Waals surface area (Å²) in [5, 5.41) is 0. The number of likely N-dealkylation sites (tertiary alicyclic amines) is 1. The van der Waals surface area contributed by atoms with Gasteiger partial charge in [-0.1, -0.05) is 121 Å². The summed E-state index contributed by atoms with van der Waals surface area (Å²) >= 11 is 0. The van der Waals surface area contributed by atoms with Crippen LogP contribution in [0.5, 0.6) is 11.5 Å². The van der Waals surface area contributed by atoms with Gasteiger partial charge in [0.05, 0.1) is 25.3 Å². The number of amides is 1. The first-order valence-corrected chi connectivity index (χ1v) is 16.9. The third kappa shape index (κ3) is 7.05. The van der Waals surface area contributed by atoms with Crippen LogP contribution in [0.1, 0.15) is 28.7 Å². The minimum atomic E-state index is -3.86. The van der Waals surface area contributed by atoms with Crippen molar-refractivity contribution in [2.45, 2.75) is 30.7 Å². The summed E-state index contributed by atoms with van der Waals surface area (Å²) in [6.45, 7) is 0.261. The van der Waals surface area contributed by atoms with Crippen LogP contribution in [-0.4, -0.2) is 44.2 Å². The lowest BCUT2D eigenvalue weighted by atomic mass is 9.80. The summed E-state index contributed by atoms with van der Waals surface area (Å²) < 4.78 is 43.2. The van der Waals surface area contributed by atoms with Gasteiger partial charge in [0.25, 0.3) is 10.1 Å². The Hall–Kier alpha value is -4.76. The average Bonchev–Trinajstić information content (AvgIpc) is 3.35. The van der Waals surface area contributed by atoms with Gasteiger partial charge < -0.3 is 14.4 Å². The molecule has 6 rings (SSSR count). The maximum absolute atomic E-state index is 13.5. The van der Waals surface area contributed by atoms with E-state index in [1.165, 1.54) is 0 Å². The lowest BCUT2D eigenvalue weighted by molar-refractivity contribution is -0.131. The van der Waals surface area contributed by atoms with Crippen molar-refractivity contribution < 1.29 is 26.9 Å². The topological polar surface area (TPSA) is 82.1 Å². The Bertz CT molecular complexity index is 1740. The van der Waals surface area contributed by atoms with Crippen molar-refractivity contribution in [1.29, 1.82) is 0 Å². The fourth-order valence-corrected chi connectivity index (χ4v) is 6.64. The van der Waals surface area contributed by atoms with E-state index >= 15 is 0 Å². The van der Waals surface area contributed by atoms with Gasteiger partial charge in [0, 0.05) is 6.54 Å². The lowest BCUT2D eigenvalue weighted by Gasteiger charge is -2.38. The molecule has 234 valence electrons. The molecule has 0 bridgehead atoms. The number of para-hydroxylation sites is 1. The zero-order chi connectivity index (χ0) is 32.0. The molecular weight excluding hydrogens is 598 g/mol. The van der Waals surface area contributed by atoms with Gasteiger partial charge in [-0.15, -0.1) is 0 Å². The molecule has 0 N–H and O–H groups in total. The van der Waals surface area contributed by atoms with Crippen molar-refractivity contribution in [2.24, 2.45) is 0 Å². The molecule has 1 saturated heterocycles. The molecule has 1 fully saturated rings. The zero-order valence-corrected chi connectivity index (χ0v) is 26.3. The van der Waals surface area contributed by atoms with Gasteiger partial charge in [-0.05, 0) is 46.5 Å². The summed E-state index contributed by atoms with van der Waals surface area (Å²) in [5.41, 5.74) is 2.51. The summed E-state index contributed by atoms with van der Waals surface area (Å²) in [7, 11) is -3.86. The van der Waals surface area contributed by atoms with Gasteiger partial charge in [0.15, 0.2) is 0 Å². The largest absolute Gasteiger partial charge is 0.457 e. The van der Waals surface area contributed by atoms with Gasteiger partial charge >= 0.3 is 0 Å². The Morgan fingerprint density at radius 3 is 1.61 bits per heavy atom. The minimum Gasteiger partial charge on any atom is -0.457 e. The predicted molar refractivity (Wildman–Crippen MR) is 177 cm³/mol. The molecular formula is C38H35NO6S. The smallest absolute Gasteiger partial charge is 0.264 e. The highest BCUT2D eigenvalue weighted by atomic mass is 32.2. The maximum Gasteiger partial charge on any atom is 0.264 e. The van der Waals surface area contributed by atoms with Gasteiger partial charge in [-0.25, -0.2) is 0 Å². The fourth-order valence-electron chi connectivity index (χ4n) is 6.00. The number of hydrogen-bond acceptors (Lipinski definition) is 6. The Kier molecular flexibility index (Phi) is 9.30. The molecule has 1 aliphatic heterocycles. The quantitative estimate of drug-likeness (QED) is 0.109. The molecule has 7 nitrogen and oxygen atoms in total. The Morgan fingerprint density at radius 2 is 1.13 bits per heavy atom. The molecule has 0 saturated carbocycles. The number of benzene rings is 5. The van der Waals surface area contributed by atoms with E-state index in [0.717, 1.165) is 34.3 Å². The van der Waals surface area contributed by atoms with Gasteiger partial charge in [0.2, 0.25) is 5.91 Å². The van der Waals surface area contributed by atoms with Crippen LogP contribution in [0, 0.1) is 0 Å². The molecule has 0 aliphatic carbocycles. The third-order valence-electron chi connectivity index (χ3n) is 8.09. The molecule has 1 heterocycles. The zero-order valence-electron chi connectivity index (χ0n) is 25.4. The molecule has 1 aliphatic rings. The van der Waals surface area contributed by atoms with Crippen molar-refractivity contribution >= 4 is 16.0 Å². The third-order valence-corrected chi connectivity index (χ3v) is 8.69. The van der Waals surface area contributed by atoms with Gasteiger partial charge in [0.1, 0.15) is 23.2 Å². The normalized spacial score (nSPS) is 16.8. The summed E-state index contributed by atoms with van der Waals surface area (Å²) in [6.07, 6.45) is 0.0139. The average molecular weight is 634 g/mol. The fraction of sp³-hybridized carbons (Fsp3) is 0.184. The summed E-state index contributed by atoms with van der Waals surface area (Å²) in [4.78, 5) is 15.2. The number of hydrogen-bond donors (Lipinski definition) is 0. The van der Waals surface area contributed by atoms with Crippen LogP contribution in [-0.2, 0) is 36.0 Å². The molecule has 1 amide bonds. The van der Waals surface area contributed by atoms with Gasteiger partial charge in [-0.3, -0.25) is 8.98 Å². The van der Waals surface area contributed by atoms with Crippen LogP contribution < -0.4 is 4.74 Å². The molecule has 5 aromatic carbocycles. The summed E-state index contributed by atoms with van der Waals surface area (Å²) in [5.74, 6) is 1.18. The number of rotatable bonds is 12. The van der Waals surface area contributed by atoms with E-state index in [4.69, 9.17) is 13.7 Å². The number of carbonyl (C=O) groups is 1. The standard InChI is InChI=1S/C38H35NO6S/c1-46(41,42)45-36-26-37(40)39(27-29-22-24-34(25-23-29)44-33-20-12-5-13-21-33)35(36)28-43-38(30-14-6-2-7-15-30,31-16-8-3-9-17-31)32-18-10-4-11-19-32/h2-25,35-36H,26-28H2,1H3/t35-,36-/m1/s1. The summed E-state index contributed by atoms with van der Waals surface area (Å²) in [6, 6.07) is 46.0. The van der Waals surface area contributed by atoms with E-state index in [-0.39, 0.29) is 25.5 Å². The molecule has 0 radical (unpaired) electrons. The van der Waals surface area contributed by atoms with E-state index in [9.17, 15) is 13.2 Å². The molecule has 0 aromatic heterocycles.